The quantitative estimate of drug-likeness (QED) is 0.636. The topological polar surface area (TPSA) is 75.0 Å². The maximum absolute atomic E-state index is 11.0. The van der Waals surface area contributed by atoms with Crippen molar-refractivity contribution in [1.29, 1.82) is 5.26 Å². The van der Waals surface area contributed by atoms with Crippen LogP contribution in [0.5, 0.6) is 0 Å². The Morgan fingerprint density at radius 1 is 1.71 bits per heavy atom. The minimum Gasteiger partial charge on any atom is -0.466 e. The molecule has 1 N–H and O–H groups in total. The summed E-state index contributed by atoms with van der Waals surface area (Å²) in [6.45, 7) is 2.77. The third kappa shape index (κ3) is 4.59. The molecule has 0 aliphatic rings. The molecule has 0 radical (unpaired) electrons. The Kier molecular flexibility index (Phi) is 5.73. The van der Waals surface area contributed by atoms with Gasteiger partial charge in [0.05, 0.1) is 6.61 Å². The summed E-state index contributed by atoms with van der Waals surface area (Å²) >= 11 is 6.91. The summed E-state index contributed by atoms with van der Waals surface area (Å²) in [7, 11) is 0. The smallest absolute Gasteiger partial charge is 0.305 e. The molecule has 0 unspecified atom stereocenters. The number of halogens is 1. The van der Waals surface area contributed by atoms with Gasteiger partial charge >= 0.3 is 5.97 Å². The van der Waals surface area contributed by atoms with E-state index in [-0.39, 0.29) is 11.1 Å². The van der Waals surface area contributed by atoms with E-state index in [0.29, 0.717) is 36.0 Å². The lowest BCUT2D eigenvalue weighted by Crippen LogP contribution is -2.08. The van der Waals surface area contributed by atoms with E-state index < -0.39 is 0 Å². The first-order chi connectivity index (χ1) is 8.17. The number of thiazole rings is 1. The van der Waals surface area contributed by atoms with Crippen LogP contribution in [0.2, 0.25) is 5.15 Å². The van der Waals surface area contributed by atoms with Crippen molar-refractivity contribution >= 4 is 34.0 Å². The lowest BCUT2D eigenvalue weighted by molar-refractivity contribution is -0.143. The highest BCUT2D eigenvalue weighted by atomic mass is 35.5. The molecule has 1 aromatic rings. The number of carbonyl (C=O) groups is 1. The van der Waals surface area contributed by atoms with Crippen LogP contribution in [0.1, 0.15) is 24.6 Å². The molecule has 17 heavy (non-hydrogen) atoms. The lowest BCUT2D eigenvalue weighted by Gasteiger charge is -2.02. The summed E-state index contributed by atoms with van der Waals surface area (Å²) in [5, 5.41) is 12.5. The van der Waals surface area contributed by atoms with Crippen molar-refractivity contribution in [1.82, 2.24) is 4.98 Å². The molecule has 5 nitrogen and oxygen atoms in total. The highest BCUT2D eigenvalue weighted by Gasteiger charge is 2.08. The minimum atomic E-state index is -0.204. The fraction of sp³-hybridized carbons (Fsp3) is 0.500. The fourth-order valence-electron chi connectivity index (χ4n) is 1.11. The van der Waals surface area contributed by atoms with E-state index in [1.807, 2.05) is 6.07 Å². The van der Waals surface area contributed by atoms with Gasteiger partial charge in [-0.25, -0.2) is 4.98 Å². The summed E-state index contributed by atoms with van der Waals surface area (Å²) in [6.07, 6.45) is 1.02. The van der Waals surface area contributed by atoms with Gasteiger partial charge in [0.1, 0.15) is 10.9 Å². The minimum absolute atomic E-state index is 0.204. The van der Waals surface area contributed by atoms with Crippen molar-refractivity contribution in [2.45, 2.75) is 19.8 Å². The van der Waals surface area contributed by atoms with Crippen LogP contribution >= 0.6 is 22.9 Å². The SMILES string of the molecule is CCOC(=O)CCCNc1nc(Cl)c(C#N)s1. The number of anilines is 1. The van der Waals surface area contributed by atoms with E-state index in [2.05, 4.69) is 10.3 Å². The van der Waals surface area contributed by atoms with Crippen LogP contribution in [0.4, 0.5) is 5.13 Å². The molecule has 0 aromatic carbocycles. The molecule has 0 saturated heterocycles. The molecule has 0 aliphatic heterocycles. The zero-order chi connectivity index (χ0) is 12.7. The van der Waals surface area contributed by atoms with Crippen LogP contribution in [0, 0.1) is 11.3 Å². The predicted octanol–water partition coefficient (Wildman–Crippen LogP) is 2.42. The number of nitrogens with zero attached hydrogens (tertiary/aromatic N) is 2. The molecule has 0 spiro atoms. The summed E-state index contributed by atoms with van der Waals surface area (Å²) in [6, 6.07) is 1.95. The number of hydrogen-bond acceptors (Lipinski definition) is 6. The normalized spacial score (nSPS) is 9.71. The van der Waals surface area contributed by atoms with Crippen molar-refractivity contribution in [3.8, 4) is 6.07 Å². The molecule has 0 bridgehead atoms. The molecule has 92 valence electrons. The Hall–Kier alpha value is -1.32. The van der Waals surface area contributed by atoms with E-state index in [1.54, 1.807) is 6.92 Å². The van der Waals surface area contributed by atoms with E-state index in [0.717, 1.165) is 0 Å². The number of nitrogens with one attached hydrogen (secondary N) is 1. The molecule has 7 heteroatoms. The van der Waals surface area contributed by atoms with Crippen LogP contribution < -0.4 is 5.32 Å². The van der Waals surface area contributed by atoms with Gasteiger partial charge in [0.25, 0.3) is 0 Å². The van der Waals surface area contributed by atoms with Crippen molar-refractivity contribution in [2.75, 3.05) is 18.5 Å². The Labute approximate surface area is 108 Å². The van der Waals surface area contributed by atoms with Gasteiger partial charge in [0.15, 0.2) is 10.3 Å². The first kappa shape index (κ1) is 13.7. The molecular weight excluding hydrogens is 262 g/mol. The second-order valence-corrected chi connectivity index (χ2v) is 4.44. The second kappa shape index (κ2) is 7.09. The largest absolute Gasteiger partial charge is 0.466 e. The van der Waals surface area contributed by atoms with Gasteiger partial charge in [0.2, 0.25) is 0 Å². The van der Waals surface area contributed by atoms with E-state index >= 15 is 0 Å². The summed E-state index contributed by atoms with van der Waals surface area (Å²) in [5.74, 6) is -0.204. The highest BCUT2D eigenvalue weighted by molar-refractivity contribution is 7.16. The Bertz CT molecular complexity index is 428. The molecule has 1 aromatic heterocycles. The van der Waals surface area contributed by atoms with E-state index in [1.165, 1.54) is 11.3 Å². The van der Waals surface area contributed by atoms with Crippen molar-refractivity contribution in [3.05, 3.63) is 10.0 Å². The van der Waals surface area contributed by atoms with Crippen LogP contribution in [-0.4, -0.2) is 24.1 Å². The van der Waals surface area contributed by atoms with Gasteiger partial charge in [-0.2, -0.15) is 5.26 Å². The zero-order valence-corrected chi connectivity index (χ0v) is 10.9. The Morgan fingerprint density at radius 3 is 3.06 bits per heavy atom. The molecule has 0 saturated carbocycles. The maximum Gasteiger partial charge on any atom is 0.305 e. The van der Waals surface area contributed by atoms with Gasteiger partial charge in [-0.1, -0.05) is 22.9 Å². The van der Waals surface area contributed by atoms with E-state index in [9.17, 15) is 4.79 Å². The van der Waals surface area contributed by atoms with Gasteiger partial charge in [-0.3, -0.25) is 4.79 Å². The molecule has 0 atom stereocenters. The molecular formula is C10H12ClN3O2S. The third-order valence-electron chi connectivity index (χ3n) is 1.83. The standard InChI is InChI=1S/C10H12ClN3O2S/c1-2-16-8(15)4-3-5-13-10-14-9(11)7(6-12)17-10/h2-5H2,1H3,(H,13,14). The molecule has 0 aliphatic carbocycles. The van der Waals surface area contributed by atoms with Crippen LogP contribution in [0.25, 0.3) is 0 Å². The Morgan fingerprint density at radius 2 is 2.47 bits per heavy atom. The van der Waals surface area contributed by atoms with Gasteiger partial charge in [-0.15, -0.1) is 0 Å². The van der Waals surface area contributed by atoms with Gasteiger partial charge < -0.3 is 10.1 Å². The van der Waals surface area contributed by atoms with Crippen molar-refractivity contribution in [3.63, 3.8) is 0 Å². The number of hydrogen-bond donors (Lipinski definition) is 1. The predicted molar refractivity (Wildman–Crippen MR) is 66.2 cm³/mol. The third-order valence-corrected chi connectivity index (χ3v) is 3.13. The number of ether oxygens (including phenoxy) is 1. The number of esters is 1. The van der Waals surface area contributed by atoms with Crippen molar-refractivity contribution in [2.24, 2.45) is 0 Å². The average molecular weight is 274 g/mol. The number of carbonyl (C=O) groups excluding carboxylic acids is 1. The van der Waals surface area contributed by atoms with Crippen molar-refractivity contribution < 1.29 is 9.53 Å². The lowest BCUT2D eigenvalue weighted by atomic mass is 10.3. The first-order valence-corrected chi connectivity index (χ1v) is 6.32. The zero-order valence-electron chi connectivity index (χ0n) is 9.33. The molecule has 0 fully saturated rings. The number of rotatable bonds is 6. The van der Waals surface area contributed by atoms with Crippen LogP contribution in [0.15, 0.2) is 0 Å². The van der Waals surface area contributed by atoms with Crippen LogP contribution in [-0.2, 0) is 9.53 Å². The number of nitriles is 1. The average Bonchev–Trinajstić information content (AvgIpc) is 2.66. The van der Waals surface area contributed by atoms with Crippen LogP contribution in [0.3, 0.4) is 0 Å². The molecule has 1 heterocycles. The van der Waals surface area contributed by atoms with Gasteiger partial charge in [0, 0.05) is 13.0 Å². The highest BCUT2D eigenvalue weighted by Crippen LogP contribution is 2.25. The molecule has 0 amide bonds. The van der Waals surface area contributed by atoms with Gasteiger partial charge in [-0.05, 0) is 13.3 Å². The summed E-state index contributed by atoms with van der Waals surface area (Å²) in [5.41, 5.74) is 0. The first-order valence-electron chi connectivity index (χ1n) is 5.13. The second-order valence-electron chi connectivity index (χ2n) is 3.09. The molecule has 1 rings (SSSR count). The summed E-state index contributed by atoms with van der Waals surface area (Å²) in [4.78, 5) is 15.4. The summed E-state index contributed by atoms with van der Waals surface area (Å²) < 4.78 is 4.79. The van der Waals surface area contributed by atoms with E-state index in [4.69, 9.17) is 21.6 Å². The maximum atomic E-state index is 11.0. The monoisotopic (exact) mass is 273 g/mol. The fourth-order valence-corrected chi connectivity index (χ4v) is 2.08. The Balaban J connectivity index is 2.27. The number of aromatic nitrogens is 1.